The summed E-state index contributed by atoms with van der Waals surface area (Å²) in [6, 6.07) is 7.79. The van der Waals surface area contributed by atoms with Crippen LogP contribution in [0.25, 0.3) is 0 Å². The highest BCUT2D eigenvalue weighted by Crippen LogP contribution is 2.18. The average molecular weight is 215 g/mol. The summed E-state index contributed by atoms with van der Waals surface area (Å²) < 4.78 is 0. The molecule has 0 saturated heterocycles. The molecule has 0 amide bonds. The molecule has 0 aliphatic carbocycles. The number of nitrogens with zero attached hydrogens (tertiary/aromatic N) is 1. The molecule has 0 saturated carbocycles. The van der Waals surface area contributed by atoms with E-state index in [2.05, 4.69) is 31.3 Å². The summed E-state index contributed by atoms with van der Waals surface area (Å²) in [5, 5.41) is 11.9. The number of rotatable bonds is 4. The van der Waals surface area contributed by atoms with E-state index in [0.29, 0.717) is 12.1 Å². The smallest absolute Gasteiger partial charge is 0.0670 e. The van der Waals surface area contributed by atoms with Crippen molar-refractivity contribution in [3.63, 3.8) is 0 Å². The molecule has 1 aromatic carbocycles. The Bertz CT molecular complexity index is 423. The fraction of sp³-hybridized carbons (Fsp3) is 0.308. The monoisotopic (exact) mass is 215 g/mol. The summed E-state index contributed by atoms with van der Waals surface area (Å²) in [6.45, 7) is 4.91. The van der Waals surface area contributed by atoms with Gasteiger partial charge in [-0.05, 0) is 37.6 Å². The maximum Gasteiger partial charge on any atom is 0.0670 e. The van der Waals surface area contributed by atoms with Gasteiger partial charge in [-0.25, -0.2) is 0 Å². The molecule has 0 radical (unpaired) electrons. The van der Waals surface area contributed by atoms with Crippen molar-refractivity contribution in [1.82, 2.24) is 0 Å². The Morgan fingerprint density at radius 1 is 1.50 bits per heavy atom. The van der Waals surface area contributed by atoms with E-state index >= 15 is 0 Å². The van der Waals surface area contributed by atoms with Crippen molar-refractivity contribution in [3.8, 4) is 6.07 Å². The van der Waals surface area contributed by atoms with Crippen molar-refractivity contribution in [2.75, 3.05) is 17.6 Å². The summed E-state index contributed by atoms with van der Waals surface area (Å²) >= 11 is 0. The first-order valence-electron chi connectivity index (χ1n) is 5.26. The second-order valence-electron chi connectivity index (χ2n) is 3.91. The van der Waals surface area contributed by atoms with Crippen LogP contribution in [-0.2, 0) is 6.42 Å². The van der Waals surface area contributed by atoms with Gasteiger partial charge in [0.1, 0.15) is 0 Å². The van der Waals surface area contributed by atoms with Gasteiger partial charge in [0, 0.05) is 17.9 Å². The third-order valence-corrected chi connectivity index (χ3v) is 2.23. The molecular weight excluding hydrogens is 198 g/mol. The molecule has 3 nitrogen and oxygen atoms in total. The molecule has 3 N–H and O–H groups in total. The van der Waals surface area contributed by atoms with Crippen LogP contribution in [0.3, 0.4) is 0 Å². The van der Waals surface area contributed by atoms with Crippen molar-refractivity contribution < 1.29 is 0 Å². The molecule has 0 unspecified atom stereocenters. The van der Waals surface area contributed by atoms with E-state index in [1.807, 2.05) is 18.2 Å². The number of hydrogen-bond donors (Lipinski definition) is 2. The predicted octanol–water partition coefficient (Wildman–Crippen LogP) is 2.71. The van der Waals surface area contributed by atoms with Crippen LogP contribution in [0.2, 0.25) is 0 Å². The van der Waals surface area contributed by atoms with Crippen molar-refractivity contribution in [2.45, 2.75) is 20.3 Å². The molecule has 1 rings (SSSR count). The van der Waals surface area contributed by atoms with Crippen LogP contribution < -0.4 is 11.1 Å². The van der Waals surface area contributed by atoms with Gasteiger partial charge in [-0.15, -0.1) is 0 Å². The highest BCUT2D eigenvalue weighted by Gasteiger charge is 1.99. The fourth-order valence-electron chi connectivity index (χ4n) is 1.33. The number of hydrogen-bond acceptors (Lipinski definition) is 3. The first-order valence-corrected chi connectivity index (χ1v) is 5.26. The van der Waals surface area contributed by atoms with Crippen LogP contribution in [0.15, 0.2) is 29.8 Å². The van der Waals surface area contributed by atoms with E-state index in [-0.39, 0.29) is 0 Å². The molecular formula is C13H17N3. The van der Waals surface area contributed by atoms with Gasteiger partial charge in [0.25, 0.3) is 0 Å². The van der Waals surface area contributed by atoms with Gasteiger partial charge in [0.2, 0.25) is 0 Å². The van der Waals surface area contributed by atoms with Gasteiger partial charge in [0.15, 0.2) is 0 Å². The van der Waals surface area contributed by atoms with E-state index in [1.54, 1.807) is 0 Å². The normalized spacial score (nSPS) is 9.31. The minimum absolute atomic E-state index is 0.351. The van der Waals surface area contributed by atoms with Crippen molar-refractivity contribution in [3.05, 3.63) is 35.4 Å². The van der Waals surface area contributed by atoms with Crippen molar-refractivity contribution in [2.24, 2.45) is 0 Å². The minimum Gasteiger partial charge on any atom is -0.398 e. The second kappa shape index (κ2) is 5.82. The number of nitrogens with two attached hydrogens (primary N) is 1. The second-order valence-corrected chi connectivity index (χ2v) is 3.91. The molecule has 16 heavy (non-hydrogen) atoms. The Morgan fingerprint density at radius 2 is 2.25 bits per heavy atom. The zero-order valence-electron chi connectivity index (χ0n) is 9.75. The van der Waals surface area contributed by atoms with Gasteiger partial charge in [-0.1, -0.05) is 11.6 Å². The Kier molecular flexibility index (Phi) is 4.41. The maximum absolute atomic E-state index is 8.65. The van der Waals surface area contributed by atoms with E-state index in [4.69, 9.17) is 11.0 Å². The van der Waals surface area contributed by atoms with Crippen LogP contribution in [0.4, 0.5) is 11.4 Å². The molecule has 0 fully saturated rings. The Balaban J connectivity index is 2.72. The fourth-order valence-corrected chi connectivity index (χ4v) is 1.33. The SMILES string of the molecule is CC(C)=CCNc1ccc(N)c(CC#N)c1. The van der Waals surface area contributed by atoms with E-state index in [0.717, 1.165) is 17.8 Å². The number of anilines is 2. The third kappa shape index (κ3) is 3.66. The molecule has 0 atom stereocenters. The van der Waals surface area contributed by atoms with Crippen LogP contribution in [0, 0.1) is 11.3 Å². The molecule has 3 heteroatoms. The standard InChI is InChI=1S/C13H17N3/c1-10(2)6-8-16-12-3-4-13(15)11(9-12)5-7-14/h3-4,6,9,16H,5,8,15H2,1-2H3. The topological polar surface area (TPSA) is 61.8 Å². The van der Waals surface area contributed by atoms with Crippen molar-refractivity contribution >= 4 is 11.4 Å². The van der Waals surface area contributed by atoms with Gasteiger partial charge < -0.3 is 11.1 Å². The molecule has 0 aliphatic heterocycles. The van der Waals surface area contributed by atoms with E-state index in [1.165, 1.54) is 5.57 Å². The molecule has 0 bridgehead atoms. The summed E-state index contributed by atoms with van der Waals surface area (Å²) in [6.07, 6.45) is 2.46. The van der Waals surface area contributed by atoms with Crippen molar-refractivity contribution in [1.29, 1.82) is 5.26 Å². The van der Waals surface area contributed by atoms with Gasteiger partial charge >= 0.3 is 0 Å². The number of allylic oxidation sites excluding steroid dienone is 1. The quantitative estimate of drug-likeness (QED) is 0.599. The molecule has 0 aromatic heterocycles. The highest BCUT2D eigenvalue weighted by atomic mass is 14.9. The highest BCUT2D eigenvalue weighted by molar-refractivity contribution is 5.58. The van der Waals surface area contributed by atoms with Crippen LogP contribution >= 0.6 is 0 Å². The van der Waals surface area contributed by atoms with Crippen LogP contribution in [0.5, 0.6) is 0 Å². The van der Waals surface area contributed by atoms with E-state index < -0.39 is 0 Å². The van der Waals surface area contributed by atoms with Crippen LogP contribution in [0.1, 0.15) is 19.4 Å². The number of benzene rings is 1. The third-order valence-electron chi connectivity index (χ3n) is 2.23. The van der Waals surface area contributed by atoms with Gasteiger partial charge in [-0.3, -0.25) is 0 Å². The summed E-state index contributed by atoms with van der Waals surface area (Å²) in [5.41, 5.74) is 9.59. The average Bonchev–Trinajstić information content (AvgIpc) is 2.22. The number of nitrogens with one attached hydrogen (secondary N) is 1. The lowest BCUT2D eigenvalue weighted by molar-refractivity contribution is 1.24. The number of nitriles is 1. The zero-order chi connectivity index (χ0) is 12.0. The van der Waals surface area contributed by atoms with Gasteiger partial charge in [0.05, 0.1) is 12.5 Å². The molecule has 0 heterocycles. The lowest BCUT2D eigenvalue weighted by Gasteiger charge is -2.07. The largest absolute Gasteiger partial charge is 0.398 e. The zero-order valence-corrected chi connectivity index (χ0v) is 9.75. The maximum atomic E-state index is 8.65. The molecule has 0 spiro atoms. The Labute approximate surface area is 96.6 Å². The van der Waals surface area contributed by atoms with Crippen LogP contribution in [-0.4, -0.2) is 6.54 Å². The first kappa shape index (κ1) is 12.1. The number of nitrogen functional groups attached to an aromatic ring is 1. The summed E-state index contributed by atoms with van der Waals surface area (Å²) in [4.78, 5) is 0. The first-order chi connectivity index (χ1) is 7.63. The minimum atomic E-state index is 0.351. The molecule has 0 aliphatic rings. The Hall–Kier alpha value is -1.95. The molecule has 84 valence electrons. The Morgan fingerprint density at radius 3 is 2.88 bits per heavy atom. The summed E-state index contributed by atoms with van der Waals surface area (Å²) in [5.74, 6) is 0. The lowest BCUT2D eigenvalue weighted by Crippen LogP contribution is -2.01. The lowest BCUT2D eigenvalue weighted by atomic mass is 10.1. The van der Waals surface area contributed by atoms with Gasteiger partial charge in [-0.2, -0.15) is 5.26 Å². The predicted molar refractivity (Wildman–Crippen MR) is 68.1 cm³/mol. The summed E-state index contributed by atoms with van der Waals surface area (Å²) in [7, 11) is 0. The molecule has 1 aromatic rings. The van der Waals surface area contributed by atoms with E-state index in [9.17, 15) is 0 Å².